The summed E-state index contributed by atoms with van der Waals surface area (Å²) in [6, 6.07) is 0. The van der Waals surface area contributed by atoms with E-state index in [0.29, 0.717) is 6.10 Å². The number of hydrogen-bond acceptors (Lipinski definition) is 1. The molecule has 1 saturated carbocycles. The lowest BCUT2D eigenvalue weighted by Crippen LogP contribution is -2.19. The molecule has 0 aromatic rings. The Hall–Kier alpha value is -0.0400. The van der Waals surface area contributed by atoms with E-state index in [1.807, 2.05) is 7.11 Å². The summed E-state index contributed by atoms with van der Waals surface area (Å²) in [5, 5.41) is 0. The lowest BCUT2D eigenvalue weighted by Gasteiger charge is -2.26. The van der Waals surface area contributed by atoms with Crippen molar-refractivity contribution in [1.82, 2.24) is 0 Å². The van der Waals surface area contributed by atoms with Crippen LogP contribution in [0.3, 0.4) is 0 Å². The molecule has 0 amide bonds. The molecule has 0 saturated heterocycles. The molecule has 0 bridgehead atoms. The average molecular weight is 142 g/mol. The Labute approximate surface area is 63.8 Å². The molecule has 1 rings (SSSR count). The zero-order valence-corrected chi connectivity index (χ0v) is 7.10. The van der Waals surface area contributed by atoms with Crippen molar-refractivity contribution in [2.75, 3.05) is 7.11 Å². The second-order valence-corrected chi connectivity index (χ2v) is 3.29. The summed E-state index contributed by atoms with van der Waals surface area (Å²) in [5.41, 5.74) is 0. The van der Waals surface area contributed by atoms with Crippen LogP contribution in [0.4, 0.5) is 0 Å². The maximum Gasteiger partial charge on any atom is 0.0571 e. The minimum absolute atomic E-state index is 0.572. The molecular weight excluding hydrogens is 124 g/mol. The van der Waals surface area contributed by atoms with Crippen molar-refractivity contribution in [2.45, 2.75) is 45.1 Å². The molecule has 0 radical (unpaired) electrons. The Morgan fingerprint density at radius 3 is 2.20 bits per heavy atom. The summed E-state index contributed by atoms with van der Waals surface area (Å²) in [7, 11) is 1.83. The predicted octanol–water partition coefficient (Wildman–Crippen LogP) is 2.60. The van der Waals surface area contributed by atoms with Gasteiger partial charge in [-0.3, -0.25) is 0 Å². The zero-order valence-electron chi connectivity index (χ0n) is 7.10. The maximum atomic E-state index is 5.28. The largest absolute Gasteiger partial charge is 0.381 e. The number of methoxy groups -OCH3 is 1. The van der Waals surface area contributed by atoms with Gasteiger partial charge in [-0.05, 0) is 31.6 Å². The SMILES string of the molecule is CC[C@H]1CC[C@H](OC)CC1. The van der Waals surface area contributed by atoms with Crippen molar-refractivity contribution in [3.8, 4) is 0 Å². The minimum atomic E-state index is 0.572. The van der Waals surface area contributed by atoms with E-state index in [1.165, 1.54) is 32.1 Å². The van der Waals surface area contributed by atoms with E-state index in [9.17, 15) is 0 Å². The van der Waals surface area contributed by atoms with Gasteiger partial charge in [-0.2, -0.15) is 0 Å². The molecule has 0 N–H and O–H groups in total. The van der Waals surface area contributed by atoms with Crippen molar-refractivity contribution in [3.05, 3.63) is 0 Å². The van der Waals surface area contributed by atoms with Crippen LogP contribution in [0.2, 0.25) is 0 Å². The number of ether oxygens (including phenoxy) is 1. The van der Waals surface area contributed by atoms with Crippen molar-refractivity contribution < 1.29 is 4.74 Å². The Kier molecular flexibility index (Phi) is 3.20. The summed E-state index contributed by atoms with van der Waals surface area (Å²) < 4.78 is 5.28. The van der Waals surface area contributed by atoms with E-state index >= 15 is 0 Å². The molecule has 0 aliphatic heterocycles. The van der Waals surface area contributed by atoms with Gasteiger partial charge in [-0.1, -0.05) is 13.3 Å². The normalized spacial score (nSPS) is 34.2. The summed E-state index contributed by atoms with van der Waals surface area (Å²) in [5.74, 6) is 0.992. The molecule has 0 heterocycles. The summed E-state index contributed by atoms with van der Waals surface area (Å²) in [6.07, 6.45) is 7.27. The second-order valence-electron chi connectivity index (χ2n) is 3.29. The smallest absolute Gasteiger partial charge is 0.0571 e. The summed E-state index contributed by atoms with van der Waals surface area (Å²) in [4.78, 5) is 0. The van der Waals surface area contributed by atoms with Gasteiger partial charge in [0.1, 0.15) is 0 Å². The van der Waals surface area contributed by atoms with E-state index in [4.69, 9.17) is 4.74 Å². The van der Waals surface area contributed by atoms with E-state index in [1.54, 1.807) is 0 Å². The Morgan fingerprint density at radius 2 is 1.80 bits per heavy atom. The molecule has 0 spiro atoms. The second kappa shape index (κ2) is 3.97. The molecule has 60 valence electrons. The van der Waals surface area contributed by atoms with Gasteiger partial charge in [0.25, 0.3) is 0 Å². The average Bonchev–Trinajstić information content (AvgIpc) is 2.05. The van der Waals surface area contributed by atoms with Gasteiger partial charge in [-0.15, -0.1) is 0 Å². The molecule has 1 aliphatic rings. The fourth-order valence-electron chi connectivity index (χ4n) is 1.78. The summed E-state index contributed by atoms with van der Waals surface area (Å²) in [6.45, 7) is 2.29. The lowest BCUT2D eigenvalue weighted by atomic mass is 9.86. The molecule has 0 aromatic heterocycles. The molecular formula is C9H18O. The number of rotatable bonds is 2. The quantitative estimate of drug-likeness (QED) is 0.576. The van der Waals surface area contributed by atoms with Crippen molar-refractivity contribution in [2.24, 2.45) is 5.92 Å². The summed E-state index contributed by atoms with van der Waals surface area (Å²) >= 11 is 0. The molecule has 0 aromatic carbocycles. The van der Waals surface area contributed by atoms with Gasteiger partial charge in [-0.25, -0.2) is 0 Å². The van der Waals surface area contributed by atoms with Crippen LogP contribution in [0.15, 0.2) is 0 Å². The first-order valence-electron chi connectivity index (χ1n) is 4.39. The highest BCUT2D eigenvalue weighted by molar-refractivity contribution is 4.71. The highest BCUT2D eigenvalue weighted by atomic mass is 16.5. The van der Waals surface area contributed by atoms with Gasteiger partial charge in [0.2, 0.25) is 0 Å². The molecule has 1 aliphatic carbocycles. The lowest BCUT2D eigenvalue weighted by molar-refractivity contribution is 0.0563. The first-order chi connectivity index (χ1) is 4.86. The molecule has 0 atom stereocenters. The van der Waals surface area contributed by atoms with E-state index in [-0.39, 0.29) is 0 Å². The molecule has 10 heavy (non-hydrogen) atoms. The van der Waals surface area contributed by atoms with Crippen LogP contribution in [0.5, 0.6) is 0 Å². The van der Waals surface area contributed by atoms with Crippen LogP contribution in [0.25, 0.3) is 0 Å². The third-order valence-electron chi connectivity index (χ3n) is 2.70. The molecule has 1 fully saturated rings. The Morgan fingerprint density at radius 1 is 1.20 bits per heavy atom. The highest BCUT2D eigenvalue weighted by Crippen LogP contribution is 2.27. The topological polar surface area (TPSA) is 9.23 Å². The van der Waals surface area contributed by atoms with Crippen LogP contribution in [-0.4, -0.2) is 13.2 Å². The van der Waals surface area contributed by atoms with E-state index in [2.05, 4.69) is 6.92 Å². The predicted molar refractivity (Wildman–Crippen MR) is 43.0 cm³/mol. The Balaban J connectivity index is 2.17. The number of hydrogen-bond donors (Lipinski definition) is 0. The van der Waals surface area contributed by atoms with Gasteiger partial charge < -0.3 is 4.74 Å². The first kappa shape index (κ1) is 8.06. The first-order valence-corrected chi connectivity index (χ1v) is 4.39. The van der Waals surface area contributed by atoms with Gasteiger partial charge in [0, 0.05) is 7.11 Å². The van der Waals surface area contributed by atoms with Crippen LogP contribution >= 0.6 is 0 Å². The molecule has 0 unspecified atom stereocenters. The van der Waals surface area contributed by atoms with Gasteiger partial charge in [0.05, 0.1) is 6.10 Å². The maximum absolute atomic E-state index is 5.28. The standard InChI is InChI=1S/C9H18O/c1-3-8-4-6-9(10-2)7-5-8/h8-9H,3-7H2,1-2H3/t8-,9-. The van der Waals surface area contributed by atoms with Crippen LogP contribution in [-0.2, 0) is 4.74 Å². The Bertz CT molecular complexity index is 70.7. The monoisotopic (exact) mass is 142 g/mol. The van der Waals surface area contributed by atoms with Crippen LogP contribution in [0, 0.1) is 5.92 Å². The van der Waals surface area contributed by atoms with Gasteiger partial charge in [0.15, 0.2) is 0 Å². The van der Waals surface area contributed by atoms with Gasteiger partial charge >= 0.3 is 0 Å². The van der Waals surface area contributed by atoms with Crippen LogP contribution in [0.1, 0.15) is 39.0 Å². The fourth-order valence-corrected chi connectivity index (χ4v) is 1.78. The van der Waals surface area contributed by atoms with Crippen LogP contribution < -0.4 is 0 Å². The highest BCUT2D eigenvalue weighted by Gasteiger charge is 2.18. The molecule has 1 heteroatoms. The third-order valence-corrected chi connectivity index (χ3v) is 2.70. The minimum Gasteiger partial charge on any atom is -0.381 e. The van der Waals surface area contributed by atoms with Crippen molar-refractivity contribution in [1.29, 1.82) is 0 Å². The van der Waals surface area contributed by atoms with Crippen molar-refractivity contribution >= 4 is 0 Å². The zero-order chi connectivity index (χ0) is 7.40. The van der Waals surface area contributed by atoms with E-state index in [0.717, 1.165) is 5.92 Å². The fraction of sp³-hybridized carbons (Fsp3) is 1.00. The molecule has 1 nitrogen and oxygen atoms in total. The van der Waals surface area contributed by atoms with E-state index < -0.39 is 0 Å². The van der Waals surface area contributed by atoms with Crippen molar-refractivity contribution in [3.63, 3.8) is 0 Å². The third kappa shape index (κ3) is 1.98.